The van der Waals surface area contributed by atoms with Gasteiger partial charge in [0.05, 0.1) is 27.8 Å². The van der Waals surface area contributed by atoms with Crippen molar-refractivity contribution >= 4 is 17.6 Å². The minimum Gasteiger partial charge on any atom is -0.496 e. The first-order valence-electron chi connectivity index (χ1n) is 8.32. The molecule has 0 bridgehead atoms. The fourth-order valence-electron chi connectivity index (χ4n) is 2.45. The highest BCUT2D eigenvalue weighted by Crippen LogP contribution is 2.29. The first-order chi connectivity index (χ1) is 13.0. The van der Waals surface area contributed by atoms with Crippen LogP contribution in [0.1, 0.15) is 12.5 Å². The van der Waals surface area contributed by atoms with E-state index in [-0.39, 0.29) is 6.42 Å². The van der Waals surface area contributed by atoms with E-state index in [0.29, 0.717) is 28.5 Å². The van der Waals surface area contributed by atoms with Crippen LogP contribution in [-0.2, 0) is 20.7 Å². The number of carbonyl (C=O) groups excluding carboxylic acids is 2. The zero-order chi connectivity index (χ0) is 19.8. The first-order valence-corrected chi connectivity index (χ1v) is 8.32. The molecule has 0 aromatic heterocycles. The van der Waals surface area contributed by atoms with E-state index in [2.05, 4.69) is 5.32 Å². The van der Waals surface area contributed by atoms with Gasteiger partial charge in [-0.25, -0.2) is 0 Å². The van der Waals surface area contributed by atoms with Gasteiger partial charge in [-0.1, -0.05) is 18.2 Å². The molecule has 0 heterocycles. The highest BCUT2D eigenvalue weighted by atomic mass is 16.5. The maximum atomic E-state index is 12.3. The van der Waals surface area contributed by atoms with Gasteiger partial charge < -0.3 is 24.3 Å². The Labute approximate surface area is 158 Å². The molecule has 0 aliphatic rings. The Balaban J connectivity index is 1.96. The quantitative estimate of drug-likeness (QED) is 0.717. The van der Waals surface area contributed by atoms with Crippen LogP contribution in [0.15, 0.2) is 42.5 Å². The van der Waals surface area contributed by atoms with E-state index in [1.165, 1.54) is 28.3 Å². The molecule has 1 amide bonds. The summed E-state index contributed by atoms with van der Waals surface area (Å²) in [6.07, 6.45) is -0.946. The van der Waals surface area contributed by atoms with Crippen LogP contribution in [0, 0.1) is 0 Å². The fourth-order valence-corrected chi connectivity index (χ4v) is 2.45. The summed E-state index contributed by atoms with van der Waals surface area (Å²) < 4.78 is 20.8. The van der Waals surface area contributed by atoms with Gasteiger partial charge in [0.25, 0.3) is 5.91 Å². The van der Waals surface area contributed by atoms with Crippen molar-refractivity contribution in [3.05, 3.63) is 48.0 Å². The monoisotopic (exact) mass is 373 g/mol. The van der Waals surface area contributed by atoms with Crippen molar-refractivity contribution < 1.29 is 28.5 Å². The van der Waals surface area contributed by atoms with E-state index in [1.54, 1.807) is 36.4 Å². The Morgan fingerprint density at radius 1 is 0.926 bits per heavy atom. The lowest BCUT2D eigenvalue weighted by molar-refractivity contribution is -0.152. The van der Waals surface area contributed by atoms with Gasteiger partial charge in [0, 0.05) is 17.3 Å². The fraction of sp³-hybridized carbons (Fsp3) is 0.300. The number of hydrogen-bond donors (Lipinski definition) is 1. The third kappa shape index (κ3) is 5.37. The number of anilines is 1. The lowest BCUT2D eigenvalue weighted by Crippen LogP contribution is -2.30. The summed E-state index contributed by atoms with van der Waals surface area (Å²) in [7, 11) is 4.56. The summed E-state index contributed by atoms with van der Waals surface area (Å²) in [5.41, 5.74) is 1.20. The molecule has 0 spiro atoms. The van der Waals surface area contributed by atoms with Crippen LogP contribution in [0.4, 0.5) is 5.69 Å². The highest BCUT2D eigenvalue weighted by molar-refractivity contribution is 5.95. The molecule has 2 aromatic carbocycles. The summed E-state index contributed by atoms with van der Waals surface area (Å²) in [6.45, 7) is 1.51. The van der Waals surface area contributed by atoms with Crippen LogP contribution in [0.2, 0.25) is 0 Å². The van der Waals surface area contributed by atoms with Crippen LogP contribution >= 0.6 is 0 Å². The maximum absolute atomic E-state index is 12.3. The number of nitrogens with one attached hydrogen (secondary N) is 1. The van der Waals surface area contributed by atoms with E-state index in [9.17, 15) is 9.59 Å². The standard InChI is InChI=1S/C20H23NO6/c1-13(27-19(22)11-14-7-5-6-8-16(14)24-2)20(23)21-15-9-10-17(25-3)18(12-15)26-4/h5-10,12-13H,11H2,1-4H3,(H,21,23). The molecule has 27 heavy (non-hydrogen) atoms. The van der Waals surface area contributed by atoms with Gasteiger partial charge >= 0.3 is 5.97 Å². The summed E-state index contributed by atoms with van der Waals surface area (Å²) in [5, 5.41) is 2.68. The molecule has 7 heteroatoms. The predicted molar refractivity (Wildman–Crippen MR) is 100 cm³/mol. The zero-order valence-corrected chi connectivity index (χ0v) is 15.8. The SMILES string of the molecule is COc1ccccc1CC(=O)OC(C)C(=O)Nc1ccc(OC)c(OC)c1. The molecule has 1 atom stereocenters. The Morgan fingerprint density at radius 3 is 2.26 bits per heavy atom. The van der Waals surface area contributed by atoms with Crippen LogP contribution in [0.3, 0.4) is 0 Å². The molecular formula is C20H23NO6. The van der Waals surface area contributed by atoms with Gasteiger partial charge in [0.2, 0.25) is 0 Å². The molecule has 0 radical (unpaired) electrons. The molecule has 0 saturated carbocycles. The average molecular weight is 373 g/mol. The van der Waals surface area contributed by atoms with Crippen molar-refractivity contribution in [3.63, 3.8) is 0 Å². The third-order valence-electron chi connectivity index (χ3n) is 3.86. The highest BCUT2D eigenvalue weighted by Gasteiger charge is 2.19. The maximum Gasteiger partial charge on any atom is 0.311 e. The number of ether oxygens (including phenoxy) is 4. The Hall–Kier alpha value is -3.22. The van der Waals surface area contributed by atoms with E-state index in [1.807, 2.05) is 6.07 Å². The molecule has 2 aromatic rings. The van der Waals surface area contributed by atoms with Gasteiger partial charge in [-0.2, -0.15) is 0 Å². The Morgan fingerprint density at radius 2 is 1.59 bits per heavy atom. The number of amides is 1. The topological polar surface area (TPSA) is 83.1 Å². The molecule has 0 aliphatic carbocycles. The summed E-state index contributed by atoms with van der Waals surface area (Å²) in [4.78, 5) is 24.4. The van der Waals surface area contributed by atoms with E-state index in [4.69, 9.17) is 18.9 Å². The summed E-state index contributed by atoms with van der Waals surface area (Å²) in [5.74, 6) is 0.657. The van der Waals surface area contributed by atoms with Crippen molar-refractivity contribution in [1.29, 1.82) is 0 Å². The number of carbonyl (C=O) groups is 2. The van der Waals surface area contributed by atoms with Gasteiger partial charge in [0.15, 0.2) is 17.6 Å². The number of benzene rings is 2. The molecule has 7 nitrogen and oxygen atoms in total. The lowest BCUT2D eigenvalue weighted by atomic mass is 10.1. The van der Waals surface area contributed by atoms with Crippen LogP contribution in [0.5, 0.6) is 17.2 Å². The summed E-state index contributed by atoms with van der Waals surface area (Å²) >= 11 is 0. The van der Waals surface area contributed by atoms with E-state index in [0.717, 1.165) is 0 Å². The van der Waals surface area contributed by atoms with Gasteiger partial charge in [-0.3, -0.25) is 9.59 Å². The smallest absolute Gasteiger partial charge is 0.311 e. The number of hydrogen-bond acceptors (Lipinski definition) is 6. The van der Waals surface area contributed by atoms with Gasteiger partial charge in [0.1, 0.15) is 5.75 Å². The largest absolute Gasteiger partial charge is 0.496 e. The first kappa shape index (κ1) is 20.1. The number of esters is 1. The molecule has 0 saturated heterocycles. The Kier molecular flexibility index (Phi) is 7.05. The molecule has 2 rings (SSSR count). The average Bonchev–Trinajstić information content (AvgIpc) is 2.68. The van der Waals surface area contributed by atoms with E-state index < -0.39 is 18.0 Å². The van der Waals surface area contributed by atoms with Crippen molar-refractivity contribution in [2.24, 2.45) is 0 Å². The minimum atomic E-state index is -0.958. The van der Waals surface area contributed by atoms with Crippen LogP contribution < -0.4 is 19.5 Å². The summed E-state index contributed by atoms with van der Waals surface area (Å²) in [6, 6.07) is 12.1. The second kappa shape index (κ2) is 9.47. The molecule has 1 N–H and O–H groups in total. The van der Waals surface area contributed by atoms with Crippen molar-refractivity contribution in [3.8, 4) is 17.2 Å². The second-order valence-electron chi connectivity index (χ2n) is 5.68. The lowest BCUT2D eigenvalue weighted by Gasteiger charge is -2.15. The van der Waals surface area contributed by atoms with Crippen LogP contribution in [-0.4, -0.2) is 39.3 Å². The number of rotatable bonds is 8. The van der Waals surface area contributed by atoms with Crippen molar-refractivity contribution in [2.45, 2.75) is 19.4 Å². The van der Waals surface area contributed by atoms with E-state index >= 15 is 0 Å². The third-order valence-corrected chi connectivity index (χ3v) is 3.86. The number of para-hydroxylation sites is 1. The normalized spacial score (nSPS) is 11.3. The van der Waals surface area contributed by atoms with Crippen LogP contribution in [0.25, 0.3) is 0 Å². The molecule has 1 unspecified atom stereocenters. The molecule has 144 valence electrons. The second-order valence-corrected chi connectivity index (χ2v) is 5.68. The van der Waals surface area contributed by atoms with Gasteiger partial charge in [-0.05, 0) is 25.1 Å². The minimum absolute atomic E-state index is 0.0119. The zero-order valence-electron chi connectivity index (χ0n) is 15.8. The van der Waals surface area contributed by atoms with Gasteiger partial charge in [-0.15, -0.1) is 0 Å². The van der Waals surface area contributed by atoms with Crippen molar-refractivity contribution in [1.82, 2.24) is 0 Å². The molecular weight excluding hydrogens is 350 g/mol. The Bertz CT molecular complexity index is 805. The number of methoxy groups -OCH3 is 3. The molecule has 0 aliphatic heterocycles. The molecule has 0 fully saturated rings. The van der Waals surface area contributed by atoms with Crippen molar-refractivity contribution in [2.75, 3.05) is 26.6 Å². The predicted octanol–water partition coefficient (Wildman–Crippen LogP) is 2.83.